The lowest BCUT2D eigenvalue weighted by Gasteiger charge is -2.08. The maximum absolute atomic E-state index is 11.8. The average Bonchev–Trinajstić information content (AvgIpc) is 2.62. The molecule has 1 heterocycles. The lowest BCUT2D eigenvalue weighted by Crippen LogP contribution is -2.13. The van der Waals surface area contributed by atoms with Gasteiger partial charge >= 0.3 is 6.09 Å². The third-order valence-corrected chi connectivity index (χ3v) is 3.46. The molecule has 0 atom stereocenters. The van der Waals surface area contributed by atoms with E-state index in [0.717, 1.165) is 16.7 Å². The molecule has 120 valence electrons. The molecule has 0 saturated carbocycles. The summed E-state index contributed by atoms with van der Waals surface area (Å²) in [6.07, 6.45) is 1.15. The van der Waals surface area contributed by atoms with Crippen LogP contribution in [0, 0.1) is 0 Å². The standard InChI is InChI=1S/C19H16N2O3/c22-18-11-8-16(12-20-18)15-6-9-17(10-7-15)21-19(23)24-13-14-4-2-1-3-5-14/h1-12H,13H2,(H,20,22)(H,21,23). The number of H-pyrrole nitrogens is 1. The predicted octanol–water partition coefficient (Wildman–Crippen LogP) is 3.79. The first-order valence-electron chi connectivity index (χ1n) is 7.47. The number of benzene rings is 2. The molecular weight excluding hydrogens is 304 g/mol. The topological polar surface area (TPSA) is 71.2 Å². The van der Waals surface area contributed by atoms with Crippen LogP contribution in [-0.2, 0) is 11.3 Å². The fraction of sp³-hybridized carbons (Fsp3) is 0.0526. The molecule has 0 aliphatic rings. The average molecular weight is 320 g/mol. The molecule has 5 heteroatoms. The van der Waals surface area contributed by atoms with Crippen LogP contribution < -0.4 is 10.9 Å². The van der Waals surface area contributed by atoms with E-state index in [1.165, 1.54) is 6.07 Å². The lowest BCUT2D eigenvalue weighted by atomic mass is 10.1. The molecule has 2 aromatic carbocycles. The second kappa shape index (κ2) is 7.28. The highest BCUT2D eigenvalue weighted by atomic mass is 16.5. The molecule has 3 aromatic rings. The van der Waals surface area contributed by atoms with Crippen molar-refractivity contribution in [1.82, 2.24) is 4.98 Å². The number of hydrogen-bond acceptors (Lipinski definition) is 3. The monoisotopic (exact) mass is 320 g/mol. The van der Waals surface area contributed by atoms with E-state index in [-0.39, 0.29) is 12.2 Å². The number of carbonyl (C=O) groups excluding carboxylic acids is 1. The Kier molecular flexibility index (Phi) is 4.72. The number of pyridine rings is 1. The highest BCUT2D eigenvalue weighted by molar-refractivity contribution is 5.85. The van der Waals surface area contributed by atoms with Crippen molar-refractivity contribution in [2.75, 3.05) is 5.32 Å². The van der Waals surface area contributed by atoms with Crippen molar-refractivity contribution in [3.05, 3.63) is 88.8 Å². The molecule has 0 unspecified atom stereocenters. The van der Waals surface area contributed by atoms with Crippen LogP contribution in [0.3, 0.4) is 0 Å². The van der Waals surface area contributed by atoms with Gasteiger partial charge in [0.15, 0.2) is 0 Å². The van der Waals surface area contributed by atoms with Gasteiger partial charge in [0.25, 0.3) is 0 Å². The smallest absolute Gasteiger partial charge is 0.411 e. The van der Waals surface area contributed by atoms with Crippen molar-refractivity contribution in [3.8, 4) is 11.1 Å². The Morgan fingerprint density at radius 1 is 0.917 bits per heavy atom. The van der Waals surface area contributed by atoms with Gasteiger partial charge in [-0.3, -0.25) is 10.1 Å². The fourth-order valence-corrected chi connectivity index (χ4v) is 2.21. The Labute approximate surface area is 138 Å². The number of aromatic amines is 1. The van der Waals surface area contributed by atoms with Crippen LogP contribution in [0.1, 0.15) is 5.56 Å². The van der Waals surface area contributed by atoms with Gasteiger partial charge in [-0.1, -0.05) is 42.5 Å². The van der Waals surface area contributed by atoms with Crippen molar-refractivity contribution in [2.45, 2.75) is 6.61 Å². The summed E-state index contributed by atoms with van der Waals surface area (Å²) in [4.78, 5) is 25.5. The summed E-state index contributed by atoms with van der Waals surface area (Å²) in [7, 11) is 0. The zero-order chi connectivity index (χ0) is 16.8. The van der Waals surface area contributed by atoms with Crippen LogP contribution >= 0.6 is 0 Å². The van der Waals surface area contributed by atoms with E-state index in [1.807, 2.05) is 42.5 Å². The van der Waals surface area contributed by atoms with E-state index in [2.05, 4.69) is 10.3 Å². The van der Waals surface area contributed by atoms with E-state index in [0.29, 0.717) is 5.69 Å². The normalized spacial score (nSPS) is 10.2. The minimum absolute atomic E-state index is 0.141. The number of ether oxygens (including phenoxy) is 1. The zero-order valence-corrected chi connectivity index (χ0v) is 12.9. The van der Waals surface area contributed by atoms with Gasteiger partial charge in [-0.15, -0.1) is 0 Å². The van der Waals surface area contributed by atoms with Crippen LogP contribution in [0.2, 0.25) is 0 Å². The quantitative estimate of drug-likeness (QED) is 0.768. The Balaban J connectivity index is 1.58. The Bertz CT molecular complexity index is 851. The molecule has 0 radical (unpaired) electrons. The maximum atomic E-state index is 11.8. The first kappa shape index (κ1) is 15.6. The first-order valence-corrected chi connectivity index (χ1v) is 7.47. The van der Waals surface area contributed by atoms with Crippen molar-refractivity contribution >= 4 is 11.8 Å². The summed E-state index contributed by atoms with van der Waals surface area (Å²) in [5, 5.41) is 2.68. The third kappa shape index (κ3) is 4.10. The van der Waals surface area contributed by atoms with Gasteiger partial charge in [-0.2, -0.15) is 0 Å². The molecule has 0 saturated heterocycles. The van der Waals surface area contributed by atoms with Gasteiger partial charge in [0.2, 0.25) is 5.56 Å². The molecule has 0 aliphatic heterocycles. The fourth-order valence-electron chi connectivity index (χ4n) is 2.21. The summed E-state index contributed by atoms with van der Waals surface area (Å²) in [5.41, 5.74) is 3.27. The SMILES string of the molecule is O=C(Nc1ccc(-c2ccc(=O)[nH]c2)cc1)OCc1ccccc1. The minimum Gasteiger partial charge on any atom is -0.444 e. The number of amides is 1. The van der Waals surface area contributed by atoms with Gasteiger partial charge < -0.3 is 9.72 Å². The van der Waals surface area contributed by atoms with Gasteiger partial charge in [0.1, 0.15) is 6.61 Å². The number of aromatic nitrogens is 1. The second-order valence-corrected chi connectivity index (χ2v) is 5.21. The molecular formula is C19H16N2O3. The van der Waals surface area contributed by atoms with Gasteiger partial charge in [-0.05, 0) is 34.9 Å². The van der Waals surface area contributed by atoms with E-state index in [4.69, 9.17) is 4.74 Å². The molecule has 5 nitrogen and oxygen atoms in total. The number of anilines is 1. The zero-order valence-electron chi connectivity index (χ0n) is 12.9. The largest absolute Gasteiger partial charge is 0.444 e. The lowest BCUT2D eigenvalue weighted by molar-refractivity contribution is 0.155. The Morgan fingerprint density at radius 3 is 2.29 bits per heavy atom. The number of rotatable bonds is 4. The molecule has 3 rings (SSSR count). The number of nitrogens with one attached hydrogen (secondary N) is 2. The molecule has 1 amide bonds. The minimum atomic E-state index is -0.504. The van der Waals surface area contributed by atoms with Crippen molar-refractivity contribution in [1.29, 1.82) is 0 Å². The van der Waals surface area contributed by atoms with Crippen molar-refractivity contribution in [2.24, 2.45) is 0 Å². The van der Waals surface area contributed by atoms with Crippen molar-refractivity contribution in [3.63, 3.8) is 0 Å². The first-order chi connectivity index (χ1) is 11.7. The number of carbonyl (C=O) groups is 1. The van der Waals surface area contributed by atoms with Crippen LogP contribution in [0.25, 0.3) is 11.1 Å². The van der Waals surface area contributed by atoms with Crippen molar-refractivity contribution < 1.29 is 9.53 Å². The molecule has 2 N–H and O–H groups in total. The molecule has 0 fully saturated rings. The highest BCUT2D eigenvalue weighted by Crippen LogP contribution is 2.20. The maximum Gasteiger partial charge on any atom is 0.411 e. The van der Waals surface area contributed by atoms with Gasteiger partial charge in [-0.25, -0.2) is 4.79 Å². The van der Waals surface area contributed by atoms with E-state index in [1.54, 1.807) is 24.4 Å². The van der Waals surface area contributed by atoms with Crippen LogP contribution in [0.4, 0.5) is 10.5 Å². The summed E-state index contributed by atoms with van der Waals surface area (Å²) >= 11 is 0. The highest BCUT2D eigenvalue weighted by Gasteiger charge is 2.04. The molecule has 24 heavy (non-hydrogen) atoms. The summed E-state index contributed by atoms with van der Waals surface area (Å²) in [6.45, 7) is 0.224. The molecule has 0 spiro atoms. The summed E-state index contributed by atoms with van der Waals surface area (Å²) in [6, 6.07) is 20.0. The third-order valence-electron chi connectivity index (χ3n) is 3.46. The molecule has 0 aliphatic carbocycles. The van der Waals surface area contributed by atoms with Crippen LogP contribution in [0.5, 0.6) is 0 Å². The van der Waals surface area contributed by atoms with Crippen LogP contribution in [-0.4, -0.2) is 11.1 Å². The predicted molar refractivity (Wildman–Crippen MR) is 92.7 cm³/mol. The van der Waals surface area contributed by atoms with E-state index < -0.39 is 6.09 Å². The number of hydrogen-bond donors (Lipinski definition) is 2. The molecule has 0 bridgehead atoms. The second-order valence-electron chi connectivity index (χ2n) is 5.21. The van der Waals surface area contributed by atoms with E-state index >= 15 is 0 Å². The van der Waals surface area contributed by atoms with Gasteiger partial charge in [0.05, 0.1) is 0 Å². The van der Waals surface area contributed by atoms with E-state index in [9.17, 15) is 9.59 Å². The van der Waals surface area contributed by atoms with Gasteiger partial charge in [0, 0.05) is 18.0 Å². The Morgan fingerprint density at radius 2 is 1.62 bits per heavy atom. The summed E-state index contributed by atoms with van der Waals surface area (Å²) in [5.74, 6) is 0. The van der Waals surface area contributed by atoms with Crippen LogP contribution in [0.15, 0.2) is 77.7 Å². The Hall–Kier alpha value is -3.34. The summed E-state index contributed by atoms with van der Waals surface area (Å²) < 4.78 is 5.17. The molecule has 1 aromatic heterocycles.